The minimum atomic E-state index is -1.39. The van der Waals surface area contributed by atoms with E-state index < -0.39 is 28.6 Å². The Morgan fingerprint density at radius 2 is 1.81 bits per heavy atom. The van der Waals surface area contributed by atoms with Crippen LogP contribution < -0.4 is 0 Å². The molecular formula is C21H28O5. The van der Waals surface area contributed by atoms with Crippen LogP contribution in [0.4, 0.5) is 0 Å². The molecule has 3 N–H and O–H groups in total. The Morgan fingerprint density at radius 1 is 1.15 bits per heavy atom. The smallest absolute Gasteiger partial charge is 0.169 e. The topological polar surface area (TPSA) is 94.8 Å². The number of carbonyl (C=O) groups is 2. The lowest BCUT2D eigenvalue weighted by molar-refractivity contribution is -0.166. The molecule has 0 saturated heterocycles. The highest BCUT2D eigenvalue weighted by Crippen LogP contribution is 2.66. The lowest BCUT2D eigenvalue weighted by Gasteiger charge is -2.58. The van der Waals surface area contributed by atoms with Gasteiger partial charge >= 0.3 is 0 Å². The molecule has 4 rings (SSSR count). The van der Waals surface area contributed by atoms with Crippen LogP contribution in [-0.2, 0) is 9.59 Å². The molecule has 3 fully saturated rings. The first-order chi connectivity index (χ1) is 12.1. The van der Waals surface area contributed by atoms with E-state index in [1.54, 1.807) is 12.2 Å². The second-order valence-corrected chi connectivity index (χ2v) is 9.21. The van der Waals surface area contributed by atoms with Crippen molar-refractivity contribution in [2.45, 2.75) is 64.3 Å². The van der Waals surface area contributed by atoms with Gasteiger partial charge in [0, 0.05) is 16.7 Å². The van der Waals surface area contributed by atoms with Gasteiger partial charge in [0.2, 0.25) is 0 Å². The molecule has 142 valence electrons. The quantitative estimate of drug-likeness (QED) is 0.617. The molecule has 4 aliphatic carbocycles. The molecule has 0 aromatic carbocycles. The fourth-order valence-electron chi connectivity index (χ4n) is 6.68. The zero-order chi connectivity index (χ0) is 19.1. The highest BCUT2D eigenvalue weighted by Gasteiger charge is 2.68. The van der Waals surface area contributed by atoms with Crippen molar-refractivity contribution in [2.24, 2.45) is 28.6 Å². The summed E-state index contributed by atoms with van der Waals surface area (Å²) < 4.78 is 0. The molecule has 2 unspecified atom stereocenters. The lowest BCUT2D eigenvalue weighted by atomic mass is 9.46. The fourth-order valence-corrected chi connectivity index (χ4v) is 6.68. The number of carbonyl (C=O) groups excluding carboxylic acids is 2. The normalized spacial score (nSPS) is 52.8. The van der Waals surface area contributed by atoms with Crippen LogP contribution >= 0.6 is 0 Å². The molecular weight excluding hydrogens is 332 g/mol. The van der Waals surface area contributed by atoms with Gasteiger partial charge in [0.15, 0.2) is 11.6 Å². The van der Waals surface area contributed by atoms with Crippen molar-refractivity contribution in [3.05, 3.63) is 23.8 Å². The van der Waals surface area contributed by atoms with Crippen molar-refractivity contribution in [1.29, 1.82) is 0 Å². The van der Waals surface area contributed by atoms with Gasteiger partial charge in [-0.2, -0.15) is 0 Å². The Labute approximate surface area is 153 Å². The predicted molar refractivity (Wildman–Crippen MR) is 95.0 cm³/mol. The van der Waals surface area contributed by atoms with Crippen LogP contribution in [0.1, 0.15) is 46.5 Å². The van der Waals surface area contributed by atoms with Crippen LogP contribution in [0.5, 0.6) is 0 Å². The molecule has 0 heterocycles. The third-order valence-electron chi connectivity index (χ3n) is 8.28. The minimum absolute atomic E-state index is 0.0146. The second-order valence-electron chi connectivity index (χ2n) is 9.21. The van der Waals surface area contributed by atoms with Crippen molar-refractivity contribution in [1.82, 2.24) is 0 Å². The Balaban J connectivity index is 1.80. The number of allylic oxidation sites excluding steroid dienone is 1. The zero-order valence-electron chi connectivity index (χ0n) is 15.6. The largest absolute Gasteiger partial charge is 0.385 e. The third-order valence-corrected chi connectivity index (χ3v) is 8.28. The van der Waals surface area contributed by atoms with Crippen molar-refractivity contribution >= 4 is 11.6 Å². The average molecular weight is 360 g/mol. The molecule has 0 radical (unpaired) electrons. The average Bonchev–Trinajstić information content (AvgIpc) is 2.87. The number of aliphatic hydroxyl groups excluding tert-OH is 2. The molecule has 5 heteroatoms. The summed E-state index contributed by atoms with van der Waals surface area (Å²) in [5.41, 5.74) is -1.90. The Bertz CT molecular complexity index is 739. The number of Topliss-reactive ketones (excluding diaryl/α,β-unsaturated/α-hetero) is 2. The number of aliphatic hydroxyl groups is 3. The maximum atomic E-state index is 13.2. The molecule has 3 saturated carbocycles. The summed E-state index contributed by atoms with van der Waals surface area (Å²) in [4.78, 5) is 25.4. The highest BCUT2D eigenvalue weighted by molar-refractivity contribution is 5.92. The first kappa shape index (κ1) is 18.1. The van der Waals surface area contributed by atoms with E-state index in [-0.39, 0.29) is 29.3 Å². The first-order valence-corrected chi connectivity index (χ1v) is 9.61. The van der Waals surface area contributed by atoms with E-state index in [4.69, 9.17) is 0 Å². The number of hydrogen-bond acceptors (Lipinski definition) is 5. The van der Waals surface area contributed by atoms with Gasteiger partial charge in [0.1, 0.15) is 11.7 Å². The van der Waals surface area contributed by atoms with Crippen LogP contribution in [0.15, 0.2) is 23.8 Å². The lowest BCUT2D eigenvalue weighted by Crippen LogP contribution is -2.61. The van der Waals surface area contributed by atoms with E-state index in [9.17, 15) is 24.9 Å². The van der Waals surface area contributed by atoms with Gasteiger partial charge < -0.3 is 15.3 Å². The van der Waals surface area contributed by atoms with Crippen LogP contribution in [-0.4, -0.2) is 44.7 Å². The highest BCUT2D eigenvalue weighted by atomic mass is 16.3. The molecule has 0 bridgehead atoms. The van der Waals surface area contributed by atoms with Crippen LogP contribution in [0.2, 0.25) is 0 Å². The first-order valence-electron chi connectivity index (χ1n) is 9.61. The summed E-state index contributed by atoms with van der Waals surface area (Å²) in [6.07, 6.45) is 5.64. The number of ketones is 2. The van der Waals surface area contributed by atoms with Gasteiger partial charge in [-0.3, -0.25) is 9.59 Å². The van der Waals surface area contributed by atoms with Crippen LogP contribution in [0, 0.1) is 28.6 Å². The zero-order valence-corrected chi connectivity index (χ0v) is 15.6. The third kappa shape index (κ3) is 1.97. The SMILES string of the molecule is CC(=O)[C@@]1(O)CC[C@H]2[C@@H]3C(=O)C(O)C4=CC(O)C=C[C@]4(C)[C@H]3CC[C@@]21C. The Kier molecular flexibility index (Phi) is 3.73. The van der Waals surface area contributed by atoms with Gasteiger partial charge in [-0.05, 0) is 56.1 Å². The predicted octanol–water partition coefficient (Wildman–Crippen LogP) is 1.56. The summed E-state index contributed by atoms with van der Waals surface area (Å²) in [5.74, 6) is -0.918. The van der Waals surface area contributed by atoms with Crippen molar-refractivity contribution in [3.63, 3.8) is 0 Å². The van der Waals surface area contributed by atoms with Gasteiger partial charge in [0.25, 0.3) is 0 Å². The summed E-state index contributed by atoms with van der Waals surface area (Å²) >= 11 is 0. The molecule has 0 aromatic rings. The maximum Gasteiger partial charge on any atom is 0.169 e. The molecule has 0 amide bonds. The molecule has 5 nitrogen and oxygen atoms in total. The van der Waals surface area contributed by atoms with Gasteiger partial charge in [-0.15, -0.1) is 0 Å². The number of rotatable bonds is 1. The monoisotopic (exact) mass is 360 g/mol. The molecule has 0 aliphatic heterocycles. The molecule has 0 aromatic heterocycles. The molecule has 0 spiro atoms. The van der Waals surface area contributed by atoms with E-state index >= 15 is 0 Å². The van der Waals surface area contributed by atoms with E-state index in [1.807, 2.05) is 19.9 Å². The van der Waals surface area contributed by atoms with Crippen LogP contribution in [0.3, 0.4) is 0 Å². The Morgan fingerprint density at radius 3 is 2.46 bits per heavy atom. The van der Waals surface area contributed by atoms with E-state index in [0.29, 0.717) is 31.3 Å². The van der Waals surface area contributed by atoms with E-state index in [0.717, 1.165) is 0 Å². The van der Waals surface area contributed by atoms with Gasteiger partial charge in [-0.1, -0.05) is 26.0 Å². The van der Waals surface area contributed by atoms with Gasteiger partial charge in [-0.25, -0.2) is 0 Å². The number of hydrogen-bond donors (Lipinski definition) is 3. The standard InChI is InChI=1S/C21H28O5/c1-11(22)21(26)9-6-14-16-13(5-8-20(14,21)3)19(2)7-4-12(23)10-15(19)17(24)18(16)25/h4,7,10,12-14,16-17,23-24,26H,5-6,8-9H2,1-3H3/t12?,13-,14-,16+,17?,19+,20-,21-/m0/s1. The van der Waals surface area contributed by atoms with Gasteiger partial charge in [0.05, 0.1) is 6.10 Å². The Hall–Kier alpha value is -1.30. The second kappa shape index (κ2) is 5.37. The van der Waals surface area contributed by atoms with Crippen molar-refractivity contribution in [2.75, 3.05) is 0 Å². The summed E-state index contributed by atoms with van der Waals surface area (Å²) in [6.45, 7) is 5.41. The fraction of sp³-hybridized carbons (Fsp3) is 0.714. The summed E-state index contributed by atoms with van der Waals surface area (Å²) in [5, 5.41) is 31.8. The summed E-state index contributed by atoms with van der Waals surface area (Å²) in [7, 11) is 0. The molecule has 26 heavy (non-hydrogen) atoms. The van der Waals surface area contributed by atoms with Crippen molar-refractivity contribution < 1.29 is 24.9 Å². The maximum absolute atomic E-state index is 13.2. The minimum Gasteiger partial charge on any atom is -0.385 e. The van der Waals surface area contributed by atoms with E-state index in [2.05, 4.69) is 0 Å². The van der Waals surface area contributed by atoms with E-state index in [1.165, 1.54) is 6.92 Å². The number of fused-ring (bicyclic) bond motifs is 5. The molecule has 4 aliphatic rings. The van der Waals surface area contributed by atoms with Crippen LogP contribution in [0.25, 0.3) is 0 Å². The summed E-state index contributed by atoms with van der Waals surface area (Å²) in [6, 6.07) is 0. The molecule has 8 atom stereocenters. The van der Waals surface area contributed by atoms with Crippen molar-refractivity contribution in [3.8, 4) is 0 Å².